The van der Waals surface area contributed by atoms with E-state index in [1.54, 1.807) is 0 Å². The summed E-state index contributed by atoms with van der Waals surface area (Å²) in [5, 5.41) is 61.3. The Labute approximate surface area is 171 Å². The van der Waals surface area contributed by atoms with Gasteiger partial charge in [0.05, 0.1) is 25.4 Å². The maximum absolute atomic E-state index is 12.2. The Bertz CT molecular complexity index is 463. The number of unbranched alkanes of at least 4 members (excludes halogenated alkanes) is 4. The zero-order valence-electron chi connectivity index (χ0n) is 17.2. The van der Waals surface area contributed by atoms with Crippen LogP contribution in [0.4, 0.5) is 0 Å². The smallest absolute Gasteiger partial charge is 0.220 e. The lowest BCUT2D eigenvalue weighted by molar-refractivity contribution is -0.303. The normalized spacial score (nSPS) is 30.6. The number of aliphatic hydroxyl groups excluding tert-OH is 6. The molecular formula is C19H37NO9. The molecule has 2 unspecified atom stereocenters. The maximum Gasteiger partial charge on any atom is 0.220 e. The Morgan fingerprint density at radius 2 is 1.72 bits per heavy atom. The van der Waals surface area contributed by atoms with Crippen LogP contribution in [0.3, 0.4) is 0 Å². The topological polar surface area (TPSA) is 169 Å². The van der Waals surface area contributed by atoms with Crippen molar-refractivity contribution >= 4 is 5.91 Å². The van der Waals surface area contributed by atoms with Gasteiger partial charge in [-0.05, 0) is 13.3 Å². The molecule has 0 aliphatic carbocycles. The molecule has 0 spiro atoms. The van der Waals surface area contributed by atoms with Gasteiger partial charge in [-0.1, -0.05) is 32.6 Å². The monoisotopic (exact) mass is 423 g/mol. The number of amides is 1. The highest BCUT2D eigenvalue weighted by Crippen LogP contribution is 2.22. The van der Waals surface area contributed by atoms with Crippen LogP contribution >= 0.6 is 0 Å². The van der Waals surface area contributed by atoms with Gasteiger partial charge in [0.1, 0.15) is 30.5 Å². The number of hydrogen-bond acceptors (Lipinski definition) is 9. The molecule has 1 fully saturated rings. The molecule has 29 heavy (non-hydrogen) atoms. The van der Waals surface area contributed by atoms with Gasteiger partial charge < -0.3 is 45.4 Å². The summed E-state index contributed by atoms with van der Waals surface area (Å²) in [6.07, 6.45) is -4.54. The minimum Gasteiger partial charge on any atom is -0.394 e. The number of nitrogens with one attached hydrogen (secondary N) is 1. The van der Waals surface area contributed by atoms with Gasteiger partial charge in [0.25, 0.3) is 0 Å². The fourth-order valence-electron chi connectivity index (χ4n) is 3.13. The lowest BCUT2D eigenvalue weighted by atomic mass is 9.99. The lowest BCUT2D eigenvalue weighted by Crippen LogP contribution is -2.60. The summed E-state index contributed by atoms with van der Waals surface area (Å²) in [5.74, 6) is -0.302. The Morgan fingerprint density at radius 1 is 1.07 bits per heavy atom. The van der Waals surface area contributed by atoms with Gasteiger partial charge in [0, 0.05) is 6.42 Å². The molecule has 7 N–H and O–H groups in total. The van der Waals surface area contributed by atoms with E-state index in [0.29, 0.717) is 6.42 Å². The summed E-state index contributed by atoms with van der Waals surface area (Å²) in [6.45, 7) is 2.54. The van der Waals surface area contributed by atoms with Crippen LogP contribution in [0.2, 0.25) is 0 Å². The summed E-state index contributed by atoms with van der Waals surface area (Å²) < 4.78 is 10.6. The molecular weight excluding hydrogens is 386 g/mol. The molecule has 172 valence electrons. The van der Waals surface area contributed by atoms with Gasteiger partial charge >= 0.3 is 0 Å². The first-order chi connectivity index (χ1) is 13.7. The van der Waals surface area contributed by atoms with E-state index >= 15 is 0 Å². The number of carbonyl (C=O) groups excluding carboxylic acids is 1. The van der Waals surface area contributed by atoms with Crippen molar-refractivity contribution in [3.63, 3.8) is 0 Å². The zero-order chi connectivity index (χ0) is 22.0. The SMILES string of the molecule is CCCCCCCC(=O)N[C@@H](CO[C@H]1OC(CO)[C@H](O)[C@H](O)C1O)[C@H](O)[C@@H](C)O. The predicted octanol–water partition coefficient (Wildman–Crippen LogP) is -1.61. The molecule has 0 aromatic heterocycles. The van der Waals surface area contributed by atoms with Crippen molar-refractivity contribution in [3.05, 3.63) is 0 Å². The van der Waals surface area contributed by atoms with Crippen LogP contribution in [-0.4, -0.2) is 98.7 Å². The van der Waals surface area contributed by atoms with E-state index in [9.17, 15) is 35.4 Å². The molecule has 8 atom stereocenters. The first-order valence-corrected chi connectivity index (χ1v) is 10.3. The molecule has 1 saturated heterocycles. The third-order valence-electron chi connectivity index (χ3n) is 5.05. The molecule has 10 nitrogen and oxygen atoms in total. The summed E-state index contributed by atoms with van der Waals surface area (Å²) in [4.78, 5) is 12.2. The van der Waals surface area contributed by atoms with Crippen LogP contribution in [-0.2, 0) is 14.3 Å². The van der Waals surface area contributed by atoms with E-state index in [4.69, 9.17) is 9.47 Å². The van der Waals surface area contributed by atoms with Gasteiger partial charge in [-0.3, -0.25) is 4.79 Å². The fourth-order valence-corrected chi connectivity index (χ4v) is 3.13. The van der Waals surface area contributed by atoms with E-state index in [1.165, 1.54) is 6.92 Å². The van der Waals surface area contributed by atoms with Crippen LogP contribution in [0, 0.1) is 0 Å². The minimum absolute atomic E-state index is 0.271. The predicted molar refractivity (Wildman–Crippen MR) is 103 cm³/mol. The Kier molecular flexibility index (Phi) is 12.1. The van der Waals surface area contributed by atoms with E-state index in [-0.39, 0.29) is 18.9 Å². The number of rotatable bonds is 13. The first kappa shape index (κ1) is 26.2. The first-order valence-electron chi connectivity index (χ1n) is 10.3. The third kappa shape index (κ3) is 8.42. The van der Waals surface area contributed by atoms with Crippen LogP contribution in [0.25, 0.3) is 0 Å². The molecule has 10 heteroatoms. The zero-order valence-corrected chi connectivity index (χ0v) is 17.2. The largest absolute Gasteiger partial charge is 0.394 e. The van der Waals surface area contributed by atoms with Crippen molar-refractivity contribution < 1.29 is 44.9 Å². The lowest BCUT2D eigenvalue weighted by Gasteiger charge is -2.40. The average Bonchev–Trinajstić information content (AvgIpc) is 2.69. The van der Waals surface area contributed by atoms with Crippen LogP contribution in [0.1, 0.15) is 52.4 Å². The van der Waals surface area contributed by atoms with E-state index in [0.717, 1.165) is 25.7 Å². The van der Waals surface area contributed by atoms with Gasteiger partial charge in [-0.25, -0.2) is 0 Å². The highest BCUT2D eigenvalue weighted by Gasteiger charge is 2.44. The standard InChI is InChI=1S/C19H37NO9/c1-3-4-5-6-7-8-14(23)20-12(15(24)11(2)22)10-28-19-18(27)17(26)16(25)13(9-21)29-19/h11-13,15-19,21-22,24-27H,3-10H2,1-2H3,(H,20,23)/t11-,12+,13?,15-,16+,17+,18?,19+/m1/s1. The Morgan fingerprint density at radius 3 is 2.31 bits per heavy atom. The van der Waals surface area contributed by atoms with E-state index < -0.39 is 55.6 Å². The van der Waals surface area contributed by atoms with Crippen LogP contribution in [0.15, 0.2) is 0 Å². The second-order valence-electron chi connectivity index (χ2n) is 7.60. The van der Waals surface area contributed by atoms with Crippen molar-refractivity contribution in [1.29, 1.82) is 0 Å². The molecule has 1 rings (SSSR count). The van der Waals surface area contributed by atoms with Crippen LogP contribution in [0.5, 0.6) is 0 Å². The third-order valence-corrected chi connectivity index (χ3v) is 5.05. The molecule has 0 aromatic rings. The quantitative estimate of drug-likeness (QED) is 0.172. The van der Waals surface area contributed by atoms with E-state index in [1.807, 2.05) is 0 Å². The van der Waals surface area contributed by atoms with Crippen molar-refractivity contribution in [1.82, 2.24) is 5.32 Å². The van der Waals surface area contributed by atoms with Gasteiger partial charge in [0.15, 0.2) is 6.29 Å². The molecule has 0 bridgehead atoms. The Hall–Kier alpha value is -0.850. The number of hydrogen-bond donors (Lipinski definition) is 7. The molecule has 1 amide bonds. The number of aliphatic hydroxyl groups is 6. The molecule has 1 aliphatic heterocycles. The second-order valence-corrected chi connectivity index (χ2v) is 7.60. The number of ether oxygens (including phenoxy) is 2. The Balaban J connectivity index is 2.61. The molecule has 1 heterocycles. The highest BCUT2D eigenvalue weighted by atomic mass is 16.7. The van der Waals surface area contributed by atoms with Crippen molar-refractivity contribution in [2.75, 3.05) is 13.2 Å². The van der Waals surface area contributed by atoms with E-state index in [2.05, 4.69) is 12.2 Å². The van der Waals surface area contributed by atoms with Crippen molar-refractivity contribution in [2.24, 2.45) is 0 Å². The molecule has 1 aliphatic rings. The maximum atomic E-state index is 12.2. The average molecular weight is 424 g/mol. The number of carbonyl (C=O) groups is 1. The highest BCUT2D eigenvalue weighted by molar-refractivity contribution is 5.76. The van der Waals surface area contributed by atoms with Gasteiger partial charge in [-0.15, -0.1) is 0 Å². The summed E-state index contributed by atoms with van der Waals surface area (Å²) >= 11 is 0. The second kappa shape index (κ2) is 13.5. The van der Waals surface area contributed by atoms with Crippen LogP contribution < -0.4 is 5.32 Å². The summed E-state index contributed by atoms with van der Waals surface area (Å²) in [7, 11) is 0. The summed E-state index contributed by atoms with van der Waals surface area (Å²) in [6, 6.07) is -0.981. The molecule has 0 radical (unpaired) electrons. The molecule has 0 aromatic carbocycles. The van der Waals surface area contributed by atoms with Gasteiger partial charge in [0.2, 0.25) is 5.91 Å². The summed E-state index contributed by atoms with van der Waals surface area (Å²) in [5.41, 5.74) is 0. The fraction of sp³-hybridized carbons (Fsp3) is 0.947. The van der Waals surface area contributed by atoms with Gasteiger partial charge in [-0.2, -0.15) is 0 Å². The molecule has 0 saturated carbocycles. The van der Waals surface area contributed by atoms with Crippen molar-refractivity contribution in [3.8, 4) is 0 Å². The minimum atomic E-state index is -1.59. The van der Waals surface area contributed by atoms with Crippen molar-refractivity contribution in [2.45, 2.75) is 101 Å².